The quantitative estimate of drug-likeness (QED) is 0.635. The summed E-state index contributed by atoms with van der Waals surface area (Å²) in [7, 11) is 3.24. The first-order valence-corrected chi connectivity index (χ1v) is 9.43. The Kier molecular flexibility index (Phi) is 5.41. The molecule has 0 bridgehead atoms. The van der Waals surface area contributed by atoms with E-state index in [0.717, 1.165) is 12.0 Å². The number of hydrogen-bond donors (Lipinski definition) is 0. The van der Waals surface area contributed by atoms with Gasteiger partial charge in [-0.05, 0) is 41.8 Å². The van der Waals surface area contributed by atoms with Gasteiger partial charge < -0.3 is 18.8 Å². The number of ether oxygens (including phenoxy) is 2. The van der Waals surface area contributed by atoms with Crippen LogP contribution in [0.4, 0.5) is 0 Å². The van der Waals surface area contributed by atoms with Gasteiger partial charge in [0.15, 0.2) is 11.5 Å². The van der Waals surface area contributed by atoms with Crippen LogP contribution in [0.25, 0.3) is 11.6 Å². The highest BCUT2D eigenvalue weighted by Crippen LogP contribution is 2.33. The lowest BCUT2D eigenvalue weighted by Crippen LogP contribution is -2.36. The molecular formula is C21H22N4O4. The average molecular weight is 394 g/mol. The van der Waals surface area contributed by atoms with Crippen molar-refractivity contribution in [2.45, 2.75) is 25.8 Å². The highest BCUT2D eigenvalue weighted by Gasteiger charge is 2.23. The number of aromatic nitrogens is 3. The number of carbonyl (C=O) groups is 1. The molecule has 0 fully saturated rings. The van der Waals surface area contributed by atoms with Gasteiger partial charge in [-0.2, -0.15) is 0 Å². The van der Waals surface area contributed by atoms with E-state index >= 15 is 0 Å². The molecule has 1 aliphatic heterocycles. The first-order chi connectivity index (χ1) is 14.2. The Morgan fingerprint density at radius 3 is 2.66 bits per heavy atom. The largest absolute Gasteiger partial charge is 0.493 e. The van der Waals surface area contributed by atoms with Crippen LogP contribution in [0.15, 0.2) is 40.9 Å². The number of carbonyl (C=O) groups excluding carboxylic acids is 1. The summed E-state index contributed by atoms with van der Waals surface area (Å²) >= 11 is 0. The number of aryl methyl sites for hydroxylation is 1. The Morgan fingerprint density at radius 1 is 1.14 bits per heavy atom. The molecule has 3 heterocycles. The number of benzene rings is 1. The first kappa shape index (κ1) is 18.9. The Morgan fingerprint density at radius 2 is 1.93 bits per heavy atom. The predicted octanol–water partition coefficient (Wildman–Crippen LogP) is 2.67. The van der Waals surface area contributed by atoms with E-state index in [0.29, 0.717) is 54.9 Å². The summed E-state index contributed by atoms with van der Waals surface area (Å²) in [4.78, 5) is 18.7. The molecule has 4 rings (SSSR count). The molecule has 150 valence electrons. The van der Waals surface area contributed by atoms with Crippen molar-refractivity contribution in [1.82, 2.24) is 20.1 Å². The molecule has 0 unspecified atom stereocenters. The molecule has 29 heavy (non-hydrogen) atoms. The fourth-order valence-electron chi connectivity index (χ4n) is 3.42. The van der Waals surface area contributed by atoms with Gasteiger partial charge in [0, 0.05) is 32.1 Å². The van der Waals surface area contributed by atoms with Crippen LogP contribution in [-0.4, -0.2) is 46.8 Å². The topological polar surface area (TPSA) is 90.6 Å². The van der Waals surface area contributed by atoms with Crippen LogP contribution in [0.5, 0.6) is 11.5 Å². The molecule has 8 nitrogen and oxygen atoms in total. The lowest BCUT2D eigenvalue weighted by molar-refractivity contribution is -0.132. The van der Waals surface area contributed by atoms with E-state index in [-0.39, 0.29) is 5.91 Å². The van der Waals surface area contributed by atoms with Crippen LogP contribution >= 0.6 is 0 Å². The van der Waals surface area contributed by atoms with E-state index in [2.05, 4.69) is 15.2 Å². The first-order valence-electron chi connectivity index (χ1n) is 9.43. The van der Waals surface area contributed by atoms with Crippen molar-refractivity contribution in [1.29, 1.82) is 0 Å². The number of nitrogens with zero attached hydrogens (tertiary/aromatic N) is 4. The Labute approximate surface area is 168 Å². The van der Waals surface area contributed by atoms with Crippen molar-refractivity contribution in [3.63, 3.8) is 0 Å². The Balaban J connectivity index is 1.38. The monoisotopic (exact) mass is 394 g/mol. The van der Waals surface area contributed by atoms with Crippen molar-refractivity contribution in [3.8, 4) is 23.1 Å². The van der Waals surface area contributed by atoms with Gasteiger partial charge in [0.1, 0.15) is 5.69 Å². The van der Waals surface area contributed by atoms with Gasteiger partial charge in [-0.1, -0.05) is 6.07 Å². The summed E-state index contributed by atoms with van der Waals surface area (Å²) in [5.74, 6) is 2.24. The van der Waals surface area contributed by atoms with Crippen LogP contribution in [0.3, 0.4) is 0 Å². The predicted molar refractivity (Wildman–Crippen MR) is 105 cm³/mol. The number of amides is 1. The van der Waals surface area contributed by atoms with Gasteiger partial charge >= 0.3 is 0 Å². The average Bonchev–Trinajstić information content (AvgIpc) is 3.25. The number of hydrogen-bond acceptors (Lipinski definition) is 7. The molecule has 0 aliphatic carbocycles. The molecule has 0 N–H and O–H groups in total. The summed E-state index contributed by atoms with van der Waals surface area (Å²) in [6.45, 7) is 1.22. The standard InChI is InChI=1S/C21H22N4O4/c1-27-17-11-14-8-10-25(13-15(14)12-18(17)28-2)20(26)7-6-19-23-24-21(29-19)16-5-3-4-9-22-16/h3-5,9,11-12H,6-8,10,13H2,1-2H3. The molecule has 0 saturated carbocycles. The van der Waals surface area contributed by atoms with Gasteiger partial charge in [-0.25, -0.2) is 0 Å². The molecule has 1 aromatic carbocycles. The second-order valence-electron chi connectivity index (χ2n) is 6.76. The maximum absolute atomic E-state index is 12.7. The number of rotatable bonds is 6. The van der Waals surface area contributed by atoms with Crippen LogP contribution in [0, 0.1) is 0 Å². The normalized spacial score (nSPS) is 13.1. The third-order valence-electron chi connectivity index (χ3n) is 4.97. The maximum Gasteiger partial charge on any atom is 0.266 e. The van der Waals surface area contributed by atoms with Crippen molar-refractivity contribution in [3.05, 3.63) is 53.5 Å². The van der Waals surface area contributed by atoms with Crippen molar-refractivity contribution >= 4 is 5.91 Å². The third-order valence-corrected chi connectivity index (χ3v) is 4.97. The van der Waals surface area contributed by atoms with Crippen LogP contribution in [0.1, 0.15) is 23.4 Å². The van der Waals surface area contributed by atoms with E-state index in [1.807, 2.05) is 29.2 Å². The molecule has 2 aromatic heterocycles. The minimum atomic E-state index is 0.0584. The maximum atomic E-state index is 12.7. The molecule has 3 aromatic rings. The van der Waals surface area contributed by atoms with Gasteiger partial charge in [-0.3, -0.25) is 9.78 Å². The Bertz CT molecular complexity index is 1000. The van der Waals surface area contributed by atoms with Crippen molar-refractivity contribution < 1.29 is 18.7 Å². The Hall–Kier alpha value is -3.42. The highest BCUT2D eigenvalue weighted by molar-refractivity contribution is 5.76. The summed E-state index contributed by atoms with van der Waals surface area (Å²) in [6.07, 6.45) is 3.16. The van der Waals surface area contributed by atoms with Crippen LogP contribution in [-0.2, 0) is 24.2 Å². The molecule has 0 atom stereocenters. The molecule has 0 radical (unpaired) electrons. The van der Waals surface area contributed by atoms with Crippen LogP contribution < -0.4 is 9.47 Å². The molecule has 0 spiro atoms. The number of fused-ring (bicyclic) bond motifs is 1. The zero-order valence-electron chi connectivity index (χ0n) is 16.4. The fraction of sp³-hybridized carbons (Fsp3) is 0.333. The molecule has 0 saturated heterocycles. The van der Waals surface area contributed by atoms with Gasteiger partial charge in [0.2, 0.25) is 11.8 Å². The molecule has 1 aliphatic rings. The smallest absolute Gasteiger partial charge is 0.266 e. The second-order valence-corrected chi connectivity index (χ2v) is 6.76. The van der Waals surface area contributed by atoms with E-state index in [4.69, 9.17) is 13.9 Å². The number of pyridine rings is 1. The lowest BCUT2D eigenvalue weighted by atomic mass is 9.98. The van der Waals surface area contributed by atoms with E-state index in [1.165, 1.54) is 5.56 Å². The fourth-order valence-corrected chi connectivity index (χ4v) is 3.42. The summed E-state index contributed by atoms with van der Waals surface area (Å²) in [5, 5.41) is 8.04. The molecular weight excluding hydrogens is 372 g/mol. The van der Waals surface area contributed by atoms with Crippen LogP contribution in [0.2, 0.25) is 0 Å². The zero-order chi connectivity index (χ0) is 20.2. The van der Waals surface area contributed by atoms with Crippen molar-refractivity contribution in [2.24, 2.45) is 0 Å². The highest BCUT2D eigenvalue weighted by atomic mass is 16.5. The molecule has 8 heteroatoms. The second kappa shape index (κ2) is 8.30. The molecule has 1 amide bonds. The van der Waals surface area contributed by atoms with E-state index in [9.17, 15) is 4.79 Å². The third kappa shape index (κ3) is 4.06. The van der Waals surface area contributed by atoms with Crippen molar-refractivity contribution in [2.75, 3.05) is 20.8 Å². The summed E-state index contributed by atoms with van der Waals surface area (Å²) in [6, 6.07) is 9.42. The lowest BCUT2D eigenvalue weighted by Gasteiger charge is -2.29. The van der Waals surface area contributed by atoms with Gasteiger partial charge in [-0.15, -0.1) is 10.2 Å². The minimum Gasteiger partial charge on any atom is -0.493 e. The van der Waals surface area contributed by atoms with E-state index < -0.39 is 0 Å². The summed E-state index contributed by atoms with van der Waals surface area (Å²) < 4.78 is 16.4. The zero-order valence-corrected chi connectivity index (χ0v) is 16.4. The van der Waals surface area contributed by atoms with Gasteiger partial charge in [0.25, 0.3) is 5.89 Å². The SMILES string of the molecule is COc1cc2c(cc1OC)CN(C(=O)CCc1nnc(-c3ccccn3)o1)CC2. The number of methoxy groups -OCH3 is 2. The minimum absolute atomic E-state index is 0.0584. The van der Waals surface area contributed by atoms with E-state index in [1.54, 1.807) is 26.5 Å². The van der Waals surface area contributed by atoms with Gasteiger partial charge in [0.05, 0.1) is 14.2 Å². The summed E-state index contributed by atoms with van der Waals surface area (Å²) in [5.41, 5.74) is 2.88.